The van der Waals surface area contributed by atoms with Crippen LogP contribution < -0.4 is 4.90 Å². The van der Waals surface area contributed by atoms with Gasteiger partial charge in [0.2, 0.25) is 11.8 Å². The number of fused-ring (bicyclic) bond motifs is 3. The summed E-state index contributed by atoms with van der Waals surface area (Å²) in [5.41, 5.74) is 3.34. The second-order valence-corrected chi connectivity index (χ2v) is 11.8. The third kappa shape index (κ3) is 5.89. The Morgan fingerprint density at radius 3 is 2.67 bits per heavy atom. The minimum Gasteiger partial charge on any atom is -0.508 e. The zero-order valence-corrected chi connectivity index (χ0v) is 24.7. The summed E-state index contributed by atoms with van der Waals surface area (Å²) in [4.78, 5) is 43.8. The standard InChI is InChI=1S/C32H29BClN3O8/c34-26-15-23(39)9-7-18(26)12-19(27-6-1-2-11-35-27)8-10-28-29-20(17-38)13-24-30(25(29)16-33(42)45-28)32(41)36(31(24)40)21-4-3-5-22(14-21)37(43)44/h1-7,9,11-12,14-15,24-25,28,30,38-39,42H,8,10,13,16-17H2/b19-12-/t24-,25+,28-,30-/m1/s1. The highest BCUT2D eigenvalue weighted by Gasteiger charge is 2.57. The summed E-state index contributed by atoms with van der Waals surface area (Å²) in [6.45, 7) is -0.352. The van der Waals surface area contributed by atoms with E-state index in [-0.39, 0.29) is 36.5 Å². The van der Waals surface area contributed by atoms with Gasteiger partial charge in [0.05, 0.1) is 45.9 Å². The van der Waals surface area contributed by atoms with Crippen LogP contribution in [-0.4, -0.2) is 56.8 Å². The topological polar surface area (TPSA) is 163 Å². The highest BCUT2D eigenvalue weighted by atomic mass is 35.5. The molecule has 11 nitrogen and oxygen atoms in total. The number of nitro benzene ring substituents is 1. The number of rotatable bonds is 8. The van der Waals surface area contributed by atoms with Crippen molar-refractivity contribution in [3.05, 3.63) is 104 Å². The molecule has 0 bridgehead atoms. The lowest BCUT2D eigenvalue weighted by atomic mass is 9.58. The van der Waals surface area contributed by atoms with Crippen molar-refractivity contribution in [2.75, 3.05) is 11.5 Å². The molecule has 230 valence electrons. The largest absolute Gasteiger partial charge is 0.508 e. The van der Waals surface area contributed by atoms with Gasteiger partial charge in [-0.3, -0.25) is 24.7 Å². The van der Waals surface area contributed by atoms with Crippen LogP contribution in [0.5, 0.6) is 5.75 Å². The average Bonchev–Trinajstić information content (AvgIpc) is 3.28. The number of carbonyl (C=O) groups is 2. The van der Waals surface area contributed by atoms with Gasteiger partial charge in [-0.05, 0) is 96.3 Å². The number of amides is 2. The van der Waals surface area contributed by atoms with Gasteiger partial charge in [-0.1, -0.05) is 23.7 Å². The molecule has 3 heterocycles. The number of phenolic OH excluding ortho intramolecular Hbond substituents is 1. The zero-order chi connectivity index (χ0) is 31.8. The number of carbonyl (C=O) groups excluding carboxylic acids is 2. The van der Waals surface area contributed by atoms with Gasteiger partial charge in [-0.15, -0.1) is 0 Å². The minimum atomic E-state index is -1.22. The molecule has 0 saturated carbocycles. The Labute approximate surface area is 263 Å². The molecule has 4 atom stereocenters. The highest BCUT2D eigenvalue weighted by molar-refractivity contribution is 6.43. The number of imide groups is 1. The number of aliphatic hydroxyl groups excluding tert-OH is 1. The number of nitro groups is 1. The first-order valence-corrected chi connectivity index (χ1v) is 14.9. The Kier molecular flexibility index (Phi) is 8.56. The number of phenols is 1. The van der Waals surface area contributed by atoms with Crippen molar-refractivity contribution in [2.24, 2.45) is 17.8 Å². The van der Waals surface area contributed by atoms with Crippen molar-refractivity contribution in [1.82, 2.24) is 4.98 Å². The Morgan fingerprint density at radius 2 is 1.96 bits per heavy atom. The van der Waals surface area contributed by atoms with Crippen molar-refractivity contribution < 1.29 is 34.4 Å². The molecule has 13 heteroatoms. The van der Waals surface area contributed by atoms with E-state index < -0.39 is 47.7 Å². The van der Waals surface area contributed by atoms with Crippen LogP contribution in [0.3, 0.4) is 0 Å². The quantitative estimate of drug-likeness (QED) is 0.106. The van der Waals surface area contributed by atoms with Gasteiger partial charge in [0.15, 0.2) is 0 Å². The summed E-state index contributed by atoms with van der Waals surface area (Å²) >= 11 is 6.40. The molecule has 2 saturated heterocycles. The van der Waals surface area contributed by atoms with E-state index >= 15 is 0 Å². The van der Waals surface area contributed by atoms with E-state index in [0.29, 0.717) is 40.3 Å². The van der Waals surface area contributed by atoms with E-state index in [1.165, 1.54) is 36.4 Å². The van der Waals surface area contributed by atoms with Crippen LogP contribution in [-0.2, 0) is 14.2 Å². The fourth-order valence-electron chi connectivity index (χ4n) is 6.84. The third-order valence-corrected chi connectivity index (χ3v) is 9.11. The van der Waals surface area contributed by atoms with Crippen LogP contribution in [0.25, 0.3) is 11.6 Å². The number of anilines is 1. The number of aromatic hydroxyl groups is 1. The van der Waals surface area contributed by atoms with Crippen LogP contribution >= 0.6 is 11.6 Å². The number of non-ortho nitro benzene ring substituents is 1. The smallest absolute Gasteiger partial charge is 0.455 e. The van der Waals surface area contributed by atoms with Gasteiger partial charge in [0.1, 0.15) is 5.75 Å². The summed E-state index contributed by atoms with van der Waals surface area (Å²) in [5, 5.41) is 42.8. The molecule has 2 aliphatic heterocycles. The second kappa shape index (κ2) is 12.6. The number of allylic oxidation sites excluding steroid dienone is 1. The van der Waals surface area contributed by atoms with Crippen LogP contribution in [0.4, 0.5) is 11.4 Å². The predicted octanol–water partition coefficient (Wildman–Crippen LogP) is 4.66. The molecule has 3 aromatic rings. The van der Waals surface area contributed by atoms with Gasteiger partial charge >= 0.3 is 7.12 Å². The summed E-state index contributed by atoms with van der Waals surface area (Å²) in [7, 11) is -1.22. The van der Waals surface area contributed by atoms with E-state index in [1.54, 1.807) is 18.3 Å². The van der Waals surface area contributed by atoms with Gasteiger partial charge in [-0.25, -0.2) is 4.90 Å². The molecule has 0 spiro atoms. The van der Waals surface area contributed by atoms with Crippen molar-refractivity contribution >= 4 is 53.6 Å². The van der Waals surface area contributed by atoms with Crippen LogP contribution in [0.2, 0.25) is 11.3 Å². The summed E-state index contributed by atoms with van der Waals surface area (Å²) in [5.74, 6) is -3.11. The summed E-state index contributed by atoms with van der Waals surface area (Å²) in [6.07, 6.45) is 3.84. The first kappa shape index (κ1) is 30.7. The fraction of sp³-hybridized carbons (Fsp3) is 0.281. The molecule has 2 fully saturated rings. The number of benzene rings is 2. The number of nitrogens with zero attached hydrogens (tertiary/aromatic N) is 3. The van der Waals surface area contributed by atoms with Crippen molar-refractivity contribution in [3.8, 4) is 5.75 Å². The molecule has 3 N–H and O–H groups in total. The maximum Gasteiger partial charge on any atom is 0.455 e. The Morgan fingerprint density at radius 1 is 1.13 bits per heavy atom. The summed E-state index contributed by atoms with van der Waals surface area (Å²) in [6, 6.07) is 15.6. The van der Waals surface area contributed by atoms with Gasteiger partial charge < -0.3 is 19.9 Å². The molecular formula is C32H29BClN3O8. The fourth-order valence-corrected chi connectivity index (χ4v) is 7.07. The summed E-state index contributed by atoms with van der Waals surface area (Å²) < 4.78 is 6.02. The normalized spacial score (nSPS) is 23.3. The average molecular weight is 630 g/mol. The number of hydrogen-bond acceptors (Lipinski definition) is 9. The molecule has 2 amide bonds. The lowest BCUT2D eigenvalue weighted by molar-refractivity contribution is -0.384. The van der Waals surface area contributed by atoms with Crippen molar-refractivity contribution in [2.45, 2.75) is 31.7 Å². The SMILES string of the molecule is O=C1[C@@H]2[C@@H](CC(CO)=C3[C@@H](CC/C(=C/c4ccc(O)cc4Cl)c4ccccn4)OB(O)C[C@@H]32)C(=O)N1c1cccc([N+](=O)[O-])c1. The number of pyridine rings is 1. The molecule has 45 heavy (non-hydrogen) atoms. The molecule has 3 aliphatic rings. The molecule has 1 aliphatic carbocycles. The first-order chi connectivity index (χ1) is 21.7. The zero-order valence-electron chi connectivity index (χ0n) is 24.0. The van der Waals surface area contributed by atoms with Gasteiger partial charge in [-0.2, -0.15) is 0 Å². The van der Waals surface area contributed by atoms with E-state index in [9.17, 15) is 34.9 Å². The highest BCUT2D eigenvalue weighted by Crippen LogP contribution is 2.51. The maximum atomic E-state index is 13.9. The second-order valence-electron chi connectivity index (χ2n) is 11.4. The van der Waals surface area contributed by atoms with Crippen LogP contribution in [0.15, 0.2) is 78.0 Å². The van der Waals surface area contributed by atoms with Crippen LogP contribution in [0.1, 0.15) is 30.5 Å². The predicted molar refractivity (Wildman–Crippen MR) is 167 cm³/mol. The first-order valence-electron chi connectivity index (χ1n) is 14.5. The number of halogens is 1. The maximum absolute atomic E-state index is 13.9. The molecule has 0 radical (unpaired) electrons. The van der Waals surface area contributed by atoms with Gasteiger partial charge in [0.25, 0.3) is 5.69 Å². The minimum absolute atomic E-state index is 0.0373. The lowest BCUT2D eigenvalue weighted by Gasteiger charge is -2.42. The van der Waals surface area contributed by atoms with E-state index in [1.807, 2.05) is 18.2 Å². The Hall–Kier alpha value is -4.36. The Bertz CT molecular complexity index is 1730. The van der Waals surface area contributed by atoms with Gasteiger partial charge in [0, 0.05) is 18.3 Å². The number of hydrogen-bond donors (Lipinski definition) is 3. The Balaban J connectivity index is 1.32. The monoisotopic (exact) mass is 629 g/mol. The lowest BCUT2D eigenvalue weighted by Crippen LogP contribution is -2.46. The number of aromatic nitrogens is 1. The van der Waals surface area contributed by atoms with Crippen molar-refractivity contribution in [3.63, 3.8) is 0 Å². The molecule has 1 aromatic heterocycles. The molecule has 0 unspecified atom stereocenters. The van der Waals surface area contributed by atoms with Crippen molar-refractivity contribution in [1.29, 1.82) is 0 Å². The molecule has 6 rings (SSSR count). The molecular weight excluding hydrogens is 601 g/mol. The molecule has 2 aromatic carbocycles. The number of aliphatic hydroxyl groups is 1. The third-order valence-electron chi connectivity index (χ3n) is 8.78. The van der Waals surface area contributed by atoms with E-state index in [2.05, 4.69) is 4.98 Å². The van der Waals surface area contributed by atoms with Crippen LogP contribution in [0, 0.1) is 27.9 Å². The van der Waals surface area contributed by atoms with E-state index in [4.69, 9.17) is 16.3 Å². The van der Waals surface area contributed by atoms with E-state index in [0.717, 1.165) is 10.5 Å².